The highest BCUT2D eigenvalue weighted by atomic mass is 19.4. The maximum atomic E-state index is 12.8. The monoisotopic (exact) mass is 480 g/mol. The van der Waals surface area contributed by atoms with Crippen molar-refractivity contribution in [3.63, 3.8) is 0 Å². The summed E-state index contributed by atoms with van der Waals surface area (Å²) in [7, 11) is 1.28. The number of carbonyl (C=O) groups is 2. The van der Waals surface area contributed by atoms with Gasteiger partial charge in [0, 0.05) is 44.8 Å². The fourth-order valence-electron chi connectivity index (χ4n) is 3.78. The molecule has 1 fully saturated rings. The molecule has 1 aliphatic heterocycles. The van der Waals surface area contributed by atoms with Crippen molar-refractivity contribution in [3.8, 4) is 5.75 Å². The summed E-state index contributed by atoms with van der Waals surface area (Å²) in [6, 6.07) is 14.3. The molecule has 1 amide bonds. The second-order valence-corrected chi connectivity index (χ2v) is 7.73. The summed E-state index contributed by atoms with van der Waals surface area (Å²) in [6.45, 7) is 1.70. The summed E-state index contributed by atoms with van der Waals surface area (Å²) >= 11 is 0. The average Bonchev–Trinajstić information content (AvgIpc) is 3.00. The number of amides is 1. The number of rotatable bonds is 9. The van der Waals surface area contributed by atoms with Crippen LogP contribution in [0.3, 0.4) is 0 Å². The summed E-state index contributed by atoms with van der Waals surface area (Å²) in [5.41, 5.74) is 1.66. The molecule has 0 N–H and O–H groups in total. The standard InChI is InChI=1S/C24H27F3N2O5/c1-32-23(31)21(12-16-33-17-18-5-3-2-4-6-18)29-15-14-28(13-11-22(29)30)19-7-9-20(10-8-19)34-24(25,26)27/h2-10,21H,11-17H2,1H3/t21-/m0/s1. The molecule has 0 unspecified atom stereocenters. The molecule has 10 heteroatoms. The lowest BCUT2D eigenvalue weighted by Gasteiger charge is -2.29. The third-order valence-corrected chi connectivity index (χ3v) is 5.46. The van der Waals surface area contributed by atoms with Crippen LogP contribution in [0.25, 0.3) is 0 Å². The van der Waals surface area contributed by atoms with E-state index in [1.165, 1.54) is 36.3 Å². The minimum Gasteiger partial charge on any atom is -0.467 e. The van der Waals surface area contributed by atoms with Crippen LogP contribution in [0, 0.1) is 0 Å². The average molecular weight is 480 g/mol. The number of methoxy groups -OCH3 is 1. The highest BCUT2D eigenvalue weighted by Crippen LogP contribution is 2.26. The number of esters is 1. The minimum atomic E-state index is -4.76. The summed E-state index contributed by atoms with van der Waals surface area (Å²) in [5, 5.41) is 0. The van der Waals surface area contributed by atoms with E-state index < -0.39 is 18.4 Å². The Hall–Kier alpha value is -3.27. The van der Waals surface area contributed by atoms with E-state index in [4.69, 9.17) is 9.47 Å². The normalized spacial score (nSPS) is 15.6. The van der Waals surface area contributed by atoms with Gasteiger partial charge in [-0.15, -0.1) is 13.2 Å². The van der Waals surface area contributed by atoms with Crippen LogP contribution in [-0.4, -0.2) is 62.5 Å². The van der Waals surface area contributed by atoms with Crippen LogP contribution >= 0.6 is 0 Å². The van der Waals surface area contributed by atoms with Crippen molar-refractivity contribution in [2.24, 2.45) is 0 Å². The molecule has 0 bridgehead atoms. The Labute approximate surface area is 196 Å². The number of carbonyl (C=O) groups excluding carboxylic acids is 2. The van der Waals surface area contributed by atoms with Gasteiger partial charge >= 0.3 is 12.3 Å². The highest BCUT2D eigenvalue weighted by Gasteiger charge is 2.33. The zero-order valence-corrected chi connectivity index (χ0v) is 18.8. The van der Waals surface area contributed by atoms with Crippen molar-refractivity contribution in [1.82, 2.24) is 4.90 Å². The highest BCUT2D eigenvalue weighted by molar-refractivity contribution is 5.85. The van der Waals surface area contributed by atoms with Gasteiger partial charge in [0.15, 0.2) is 0 Å². The Balaban J connectivity index is 1.60. The smallest absolute Gasteiger partial charge is 0.467 e. The molecule has 1 atom stereocenters. The van der Waals surface area contributed by atoms with Gasteiger partial charge in [-0.2, -0.15) is 0 Å². The molecule has 34 heavy (non-hydrogen) atoms. The van der Waals surface area contributed by atoms with Crippen LogP contribution < -0.4 is 9.64 Å². The number of nitrogens with zero attached hydrogens (tertiary/aromatic N) is 2. The largest absolute Gasteiger partial charge is 0.573 e. The molecule has 1 saturated heterocycles. The molecule has 0 radical (unpaired) electrons. The molecular weight excluding hydrogens is 453 g/mol. The van der Waals surface area contributed by atoms with E-state index in [0.29, 0.717) is 25.4 Å². The predicted molar refractivity (Wildman–Crippen MR) is 118 cm³/mol. The zero-order chi connectivity index (χ0) is 24.6. The molecule has 1 aliphatic rings. The minimum absolute atomic E-state index is 0.152. The van der Waals surface area contributed by atoms with E-state index in [9.17, 15) is 22.8 Å². The van der Waals surface area contributed by atoms with E-state index in [-0.39, 0.29) is 37.6 Å². The van der Waals surface area contributed by atoms with Crippen LogP contribution in [-0.2, 0) is 25.7 Å². The molecule has 2 aromatic rings. The number of halogens is 3. The Morgan fingerprint density at radius 3 is 2.38 bits per heavy atom. The maximum absolute atomic E-state index is 12.8. The van der Waals surface area contributed by atoms with Crippen LogP contribution in [0.2, 0.25) is 0 Å². The summed E-state index contributed by atoms with van der Waals surface area (Å²) in [5.74, 6) is -1.03. The van der Waals surface area contributed by atoms with Crippen LogP contribution in [0.1, 0.15) is 18.4 Å². The predicted octanol–water partition coefficient (Wildman–Crippen LogP) is 3.77. The number of ether oxygens (including phenoxy) is 3. The Bertz CT molecular complexity index is 938. The molecule has 1 heterocycles. The van der Waals surface area contributed by atoms with Crippen molar-refractivity contribution >= 4 is 17.6 Å². The molecule has 0 spiro atoms. The first-order valence-electron chi connectivity index (χ1n) is 10.9. The van der Waals surface area contributed by atoms with E-state index in [2.05, 4.69) is 4.74 Å². The number of benzene rings is 2. The van der Waals surface area contributed by atoms with Crippen molar-refractivity contribution < 1.29 is 37.0 Å². The first-order chi connectivity index (χ1) is 16.3. The number of anilines is 1. The zero-order valence-electron chi connectivity index (χ0n) is 18.8. The van der Waals surface area contributed by atoms with E-state index in [1.54, 1.807) is 0 Å². The number of hydrogen-bond acceptors (Lipinski definition) is 6. The third-order valence-electron chi connectivity index (χ3n) is 5.46. The molecule has 3 rings (SSSR count). The van der Waals surface area contributed by atoms with Crippen molar-refractivity contribution in [1.29, 1.82) is 0 Å². The second-order valence-electron chi connectivity index (χ2n) is 7.73. The van der Waals surface area contributed by atoms with Crippen molar-refractivity contribution in [2.45, 2.75) is 31.9 Å². The van der Waals surface area contributed by atoms with Crippen molar-refractivity contribution in [3.05, 3.63) is 60.2 Å². The number of alkyl halides is 3. The molecule has 0 aromatic heterocycles. The molecule has 7 nitrogen and oxygen atoms in total. The van der Waals surface area contributed by atoms with Gasteiger partial charge in [-0.25, -0.2) is 4.79 Å². The SMILES string of the molecule is COC(=O)[C@H](CCOCc1ccccc1)N1CCN(c2ccc(OC(F)(F)F)cc2)CCC1=O. The third kappa shape index (κ3) is 7.38. The Kier molecular flexibility index (Phi) is 8.75. The molecule has 184 valence electrons. The Morgan fingerprint density at radius 2 is 1.74 bits per heavy atom. The van der Waals surface area contributed by atoms with Gasteiger partial charge < -0.3 is 24.0 Å². The summed E-state index contributed by atoms with van der Waals surface area (Å²) < 4.78 is 51.7. The summed E-state index contributed by atoms with van der Waals surface area (Å²) in [6.07, 6.45) is -4.32. The van der Waals surface area contributed by atoms with Gasteiger partial charge in [0.1, 0.15) is 11.8 Å². The van der Waals surface area contributed by atoms with E-state index in [1.807, 2.05) is 35.2 Å². The lowest BCUT2D eigenvalue weighted by atomic mass is 10.1. The van der Waals surface area contributed by atoms with Gasteiger partial charge in [-0.3, -0.25) is 4.79 Å². The molecular formula is C24H27F3N2O5. The van der Waals surface area contributed by atoms with Crippen LogP contribution in [0.5, 0.6) is 5.75 Å². The molecule has 0 aliphatic carbocycles. The quantitative estimate of drug-likeness (QED) is 0.402. The topological polar surface area (TPSA) is 68.3 Å². The van der Waals surface area contributed by atoms with Gasteiger partial charge in [-0.1, -0.05) is 30.3 Å². The number of hydrogen-bond donors (Lipinski definition) is 0. The van der Waals surface area contributed by atoms with Gasteiger partial charge in [0.2, 0.25) is 5.91 Å². The van der Waals surface area contributed by atoms with E-state index >= 15 is 0 Å². The lowest BCUT2D eigenvalue weighted by molar-refractivity contribution is -0.274. The first-order valence-corrected chi connectivity index (χ1v) is 10.9. The van der Waals surface area contributed by atoms with Crippen LogP contribution in [0.15, 0.2) is 54.6 Å². The molecule has 2 aromatic carbocycles. The molecule has 0 saturated carbocycles. The first kappa shape index (κ1) is 25.4. The fourth-order valence-corrected chi connectivity index (χ4v) is 3.78. The maximum Gasteiger partial charge on any atom is 0.573 e. The summed E-state index contributed by atoms with van der Waals surface area (Å²) in [4.78, 5) is 28.7. The lowest BCUT2D eigenvalue weighted by Crippen LogP contribution is -2.47. The Morgan fingerprint density at radius 1 is 1.03 bits per heavy atom. The van der Waals surface area contributed by atoms with Gasteiger partial charge in [0.25, 0.3) is 0 Å². The fraction of sp³-hybridized carbons (Fsp3) is 0.417. The van der Waals surface area contributed by atoms with Gasteiger partial charge in [-0.05, 0) is 29.8 Å². The van der Waals surface area contributed by atoms with Crippen molar-refractivity contribution in [2.75, 3.05) is 38.3 Å². The second kappa shape index (κ2) is 11.7. The van der Waals surface area contributed by atoms with E-state index in [0.717, 1.165) is 5.56 Å². The van der Waals surface area contributed by atoms with Gasteiger partial charge in [0.05, 0.1) is 13.7 Å². The van der Waals surface area contributed by atoms with Crippen LogP contribution in [0.4, 0.5) is 18.9 Å².